The zero-order valence-corrected chi connectivity index (χ0v) is 14.0. The van der Waals surface area contributed by atoms with Crippen LogP contribution in [0.25, 0.3) is 0 Å². The van der Waals surface area contributed by atoms with Gasteiger partial charge in [-0.2, -0.15) is 0 Å². The molecule has 0 aliphatic carbocycles. The van der Waals surface area contributed by atoms with Crippen LogP contribution in [-0.2, 0) is 9.53 Å². The molecule has 7 heteroatoms. The van der Waals surface area contributed by atoms with Gasteiger partial charge in [0.25, 0.3) is 5.91 Å². The Bertz CT molecular complexity index is 734. The second-order valence-electron chi connectivity index (χ2n) is 4.70. The van der Waals surface area contributed by atoms with Crippen LogP contribution < -0.4 is 10.1 Å². The van der Waals surface area contributed by atoms with E-state index in [1.165, 1.54) is 43.1 Å². The molecule has 0 aliphatic heterocycles. The Morgan fingerprint density at radius 1 is 1.17 bits per heavy atom. The fourth-order valence-electron chi connectivity index (χ4n) is 1.91. The molecule has 0 aliphatic rings. The summed E-state index contributed by atoms with van der Waals surface area (Å²) >= 11 is 1.52. The molecule has 0 heterocycles. The van der Waals surface area contributed by atoms with Crippen LogP contribution in [-0.4, -0.2) is 31.8 Å². The van der Waals surface area contributed by atoms with E-state index in [0.717, 1.165) is 4.90 Å². The van der Waals surface area contributed by atoms with Crippen molar-refractivity contribution in [3.63, 3.8) is 0 Å². The summed E-state index contributed by atoms with van der Waals surface area (Å²) in [6.45, 7) is -0.455. The number of thioether (sulfide) groups is 1. The zero-order valence-electron chi connectivity index (χ0n) is 13.2. The van der Waals surface area contributed by atoms with E-state index < -0.39 is 24.3 Å². The fourth-order valence-corrected chi connectivity index (χ4v) is 2.34. The van der Waals surface area contributed by atoms with Gasteiger partial charge in [-0.15, -0.1) is 11.8 Å². The molecule has 0 saturated carbocycles. The SMILES string of the molecule is COc1cc(SC)ccc1C(=O)OCC(=O)Nc1ccc(F)cc1. The van der Waals surface area contributed by atoms with E-state index in [2.05, 4.69) is 5.32 Å². The number of carbonyl (C=O) groups excluding carboxylic acids is 2. The standard InChI is InChI=1S/C17H16FNO4S/c1-22-15-9-13(24-2)7-8-14(15)17(21)23-10-16(20)19-12-5-3-11(18)4-6-12/h3-9H,10H2,1-2H3,(H,19,20). The lowest BCUT2D eigenvalue weighted by atomic mass is 10.2. The van der Waals surface area contributed by atoms with E-state index in [-0.39, 0.29) is 5.56 Å². The summed E-state index contributed by atoms with van der Waals surface area (Å²) in [4.78, 5) is 24.8. The molecular formula is C17H16FNO4S. The van der Waals surface area contributed by atoms with E-state index in [1.54, 1.807) is 18.2 Å². The summed E-state index contributed by atoms with van der Waals surface area (Å²) in [6, 6.07) is 10.4. The van der Waals surface area contributed by atoms with Crippen molar-refractivity contribution in [2.75, 3.05) is 25.3 Å². The normalized spacial score (nSPS) is 10.1. The van der Waals surface area contributed by atoms with Crippen LogP contribution in [0.3, 0.4) is 0 Å². The molecule has 2 aromatic rings. The van der Waals surface area contributed by atoms with Crippen LogP contribution in [0.4, 0.5) is 10.1 Å². The minimum atomic E-state index is -0.659. The summed E-state index contributed by atoms with van der Waals surface area (Å²) in [5.74, 6) is -1.20. The lowest BCUT2D eigenvalue weighted by Gasteiger charge is -2.10. The number of carbonyl (C=O) groups is 2. The highest BCUT2D eigenvalue weighted by molar-refractivity contribution is 7.98. The van der Waals surface area contributed by atoms with Crippen LogP contribution in [0.2, 0.25) is 0 Å². The second kappa shape index (κ2) is 8.35. The van der Waals surface area contributed by atoms with Crippen molar-refractivity contribution < 1.29 is 23.5 Å². The first-order chi connectivity index (χ1) is 11.5. The van der Waals surface area contributed by atoms with Gasteiger partial charge in [-0.25, -0.2) is 9.18 Å². The minimum Gasteiger partial charge on any atom is -0.496 e. The third kappa shape index (κ3) is 4.73. The van der Waals surface area contributed by atoms with Crippen molar-refractivity contribution in [2.24, 2.45) is 0 Å². The van der Waals surface area contributed by atoms with Gasteiger partial charge in [0.05, 0.1) is 7.11 Å². The predicted octanol–water partition coefficient (Wildman–Crippen LogP) is 3.35. The number of benzene rings is 2. The Hall–Kier alpha value is -2.54. The smallest absolute Gasteiger partial charge is 0.342 e. The van der Waals surface area contributed by atoms with Gasteiger partial charge >= 0.3 is 5.97 Å². The number of amides is 1. The summed E-state index contributed by atoms with van der Waals surface area (Å²) < 4.78 is 23.0. The van der Waals surface area contributed by atoms with Gasteiger partial charge < -0.3 is 14.8 Å². The van der Waals surface area contributed by atoms with Crippen molar-refractivity contribution in [3.05, 3.63) is 53.8 Å². The number of rotatable bonds is 6. The average molecular weight is 349 g/mol. The first kappa shape index (κ1) is 17.8. The molecule has 0 radical (unpaired) electrons. The predicted molar refractivity (Wildman–Crippen MR) is 90.1 cm³/mol. The average Bonchev–Trinajstić information content (AvgIpc) is 2.61. The molecule has 0 spiro atoms. The highest BCUT2D eigenvalue weighted by Gasteiger charge is 2.16. The lowest BCUT2D eigenvalue weighted by molar-refractivity contribution is -0.119. The van der Waals surface area contributed by atoms with Crippen LogP contribution in [0, 0.1) is 5.82 Å². The van der Waals surface area contributed by atoms with Crippen LogP contribution >= 0.6 is 11.8 Å². The maximum atomic E-state index is 12.8. The number of hydrogen-bond donors (Lipinski definition) is 1. The molecule has 126 valence electrons. The largest absolute Gasteiger partial charge is 0.496 e. The molecule has 0 fully saturated rings. The molecular weight excluding hydrogens is 333 g/mol. The topological polar surface area (TPSA) is 64.6 Å². The molecule has 0 saturated heterocycles. The Morgan fingerprint density at radius 3 is 2.50 bits per heavy atom. The van der Waals surface area contributed by atoms with Gasteiger partial charge in [0, 0.05) is 10.6 Å². The van der Waals surface area contributed by atoms with Gasteiger partial charge in [-0.1, -0.05) is 0 Å². The van der Waals surface area contributed by atoms with Crippen molar-refractivity contribution in [1.82, 2.24) is 0 Å². The summed E-state index contributed by atoms with van der Waals surface area (Å²) in [7, 11) is 1.46. The maximum absolute atomic E-state index is 12.8. The fraction of sp³-hybridized carbons (Fsp3) is 0.176. The van der Waals surface area contributed by atoms with E-state index >= 15 is 0 Å². The Kier molecular flexibility index (Phi) is 6.20. The minimum absolute atomic E-state index is 0.241. The van der Waals surface area contributed by atoms with Crippen LogP contribution in [0.1, 0.15) is 10.4 Å². The number of esters is 1. The quantitative estimate of drug-likeness (QED) is 0.640. The van der Waals surface area contributed by atoms with Crippen molar-refractivity contribution >= 4 is 29.3 Å². The Balaban J connectivity index is 1.95. The van der Waals surface area contributed by atoms with Gasteiger partial charge in [0.1, 0.15) is 17.1 Å². The molecule has 1 amide bonds. The number of nitrogens with one attached hydrogen (secondary N) is 1. The Labute approximate surface area is 143 Å². The van der Waals surface area contributed by atoms with Gasteiger partial charge in [-0.05, 0) is 48.7 Å². The molecule has 24 heavy (non-hydrogen) atoms. The first-order valence-corrected chi connectivity index (χ1v) is 8.20. The van der Waals surface area contributed by atoms with Gasteiger partial charge in [0.15, 0.2) is 6.61 Å². The van der Waals surface area contributed by atoms with Crippen molar-refractivity contribution in [1.29, 1.82) is 0 Å². The number of methoxy groups -OCH3 is 1. The summed E-state index contributed by atoms with van der Waals surface area (Å²) in [5.41, 5.74) is 0.657. The first-order valence-electron chi connectivity index (χ1n) is 6.98. The molecule has 5 nitrogen and oxygen atoms in total. The molecule has 2 rings (SSSR count). The van der Waals surface area contributed by atoms with E-state index in [9.17, 15) is 14.0 Å². The van der Waals surface area contributed by atoms with Crippen molar-refractivity contribution in [3.8, 4) is 5.75 Å². The molecule has 2 aromatic carbocycles. The molecule has 0 atom stereocenters. The molecule has 0 bridgehead atoms. The molecule has 1 N–H and O–H groups in total. The second-order valence-corrected chi connectivity index (χ2v) is 5.58. The highest BCUT2D eigenvalue weighted by atomic mass is 32.2. The number of ether oxygens (including phenoxy) is 2. The number of anilines is 1. The maximum Gasteiger partial charge on any atom is 0.342 e. The monoisotopic (exact) mass is 349 g/mol. The van der Waals surface area contributed by atoms with E-state index in [0.29, 0.717) is 11.4 Å². The number of halogens is 1. The van der Waals surface area contributed by atoms with E-state index in [4.69, 9.17) is 9.47 Å². The highest BCUT2D eigenvalue weighted by Crippen LogP contribution is 2.25. The molecule has 0 aromatic heterocycles. The van der Waals surface area contributed by atoms with Crippen LogP contribution in [0.15, 0.2) is 47.4 Å². The zero-order chi connectivity index (χ0) is 17.5. The summed E-state index contributed by atoms with van der Waals surface area (Å²) in [6.07, 6.45) is 1.91. The van der Waals surface area contributed by atoms with E-state index in [1.807, 2.05) is 6.26 Å². The third-order valence-electron chi connectivity index (χ3n) is 3.09. The third-order valence-corrected chi connectivity index (χ3v) is 3.82. The Morgan fingerprint density at radius 2 is 1.88 bits per heavy atom. The van der Waals surface area contributed by atoms with Gasteiger partial charge in [0.2, 0.25) is 0 Å². The lowest BCUT2D eigenvalue weighted by Crippen LogP contribution is -2.21. The molecule has 0 unspecified atom stereocenters. The van der Waals surface area contributed by atoms with Gasteiger partial charge in [-0.3, -0.25) is 4.79 Å². The number of hydrogen-bond acceptors (Lipinski definition) is 5. The van der Waals surface area contributed by atoms with Crippen LogP contribution in [0.5, 0.6) is 5.75 Å². The summed E-state index contributed by atoms with van der Waals surface area (Å²) in [5, 5.41) is 2.51. The van der Waals surface area contributed by atoms with Crippen molar-refractivity contribution in [2.45, 2.75) is 4.90 Å².